The van der Waals surface area contributed by atoms with E-state index in [-0.39, 0.29) is 5.92 Å². The van der Waals surface area contributed by atoms with E-state index >= 15 is 0 Å². The van der Waals surface area contributed by atoms with Gasteiger partial charge in [-0.2, -0.15) is 0 Å². The summed E-state index contributed by atoms with van der Waals surface area (Å²) in [6.45, 7) is 6.90. The molecule has 0 radical (unpaired) electrons. The molecule has 0 amide bonds. The fourth-order valence-electron chi connectivity index (χ4n) is 2.49. The Morgan fingerprint density at radius 3 is 2.38 bits per heavy atom. The highest BCUT2D eigenvalue weighted by atomic mass is 35.5. The smallest absolute Gasteiger partial charge is 0.307 e. The lowest BCUT2D eigenvalue weighted by Gasteiger charge is -2.35. The fourth-order valence-corrected chi connectivity index (χ4v) is 2.81. The lowest BCUT2D eigenvalue weighted by atomic mass is 10.1. The van der Waals surface area contributed by atoms with Gasteiger partial charge in [-0.1, -0.05) is 36.2 Å². The van der Waals surface area contributed by atoms with E-state index in [1.54, 1.807) is 6.92 Å². The Labute approximate surface area is 135 Å². The van der Waals surface area contributed by atoms with Crippen molar-refractivity contribution in [2.24, 2.45) is 5.92 Å². The van der Waals surface area contributed by atoms with Crippen LogP contribution < -0.4 is 0 Å². The predicted molar refractivity (Wildman–Crippen MR) is 85.0 cm³/mol. The fraction of sp³-hybridized carbons (Fsp3) is 0.533. The first-order valence-corrected chi connectivity index (χ1v) is 7.82. The van der Waals surface area contributed by atoms with Gasteiger partial charge in [0, 0.05) is 39.3 Å². The van der Waals surface area contributed by atoms with Crippen molar-refractivity contribution in [2.45, 2.75) is 13.5 Å². The van der Waals surface area contributed by atoms with Crippen molar-refractivity contribution in [3.8, 4) is 0 Å². The number of rotatable bonds is 5. The van der Waals surface area contributed by atoms with Crippen LogP contribution in [0, 0.1) is 5.92 Å². The first kappa shape index (κ1) is 16.6. The van der Waals surface area contributed by atoms with Crippen molar-refractivity contribution in [2.75, 3.05) is 32.7 Å². The van der Waals surface area contributed by atoms with Crippen LogP contribution in [0.4, 0.5) is 0 Å². The van der Waals surface area contributed by atoms with Crippen LogP contribution in [0.25, 0.3) is 0 Å². The largest absolute Gasteiger partial charge is 0.481 e. The van der Waals surface area contributed by atoms with E-state index in [0.29, 0.717) is 16.6 Å². The molecule has 1 unspecified atom stereocenters. The number of nitrogens with zero attached hydrogens (tertiary/aromatic N) is 2. The molecule has 0 aliphatic carbocycles. The molecule has 21 heavy (non-hydrogen) atoms. The van der Waals surface area contributed by atoms with Crippen LogP contribution >= 0.6 is 23.2 Å². The van der Waals surface area contributed by atoms with Crippen molar-refractivity contribution in [1.82, 2.24) is 9.80 Å². The van der Waals surface area contributed by atoms with Gasteiger partial charge >= 0.3 is 5.97 Å². The highest BCUT2D eigenvalue weighted by Gasteiger charge is 2.21. The summed E-state index contributed by atoms with van der Waals surface area (Å²) in [6.07, 6.45) is 0. The molecule has 116 valence electrons. The van der Waals surface area contributed by atoms with E-state index in [9.17, 15) is 4.79 Å². The second kappa shape index (κ2) is 7.45. The molecule has 4 nitrogen and oxygen atoms in total. The Hall–Kier alpha value is -0.810. The normalized spacial score (nSPS) is 18.6. The summed E-state index contributed by atoms with van der Waals surface area (Å²) >= 11 is 11.9. The number of hydrogen-bond donors (Lipinski definition) is 1. The average Bonchev–Trinajstić information content (AvgIpc) is 2.45. The topological polar surface area (TPSA) is 43.8 Å². The highest BCUT2D eigenvalue weighted by molar-refractivity contribution is 6.42. The molecular formula is C15H20Cl2N2O2. The van der Waals surface area contributed by atoms with Crippen molar-refractivity contribution < 1.29 is 9.90 Å². The number of benzene rings is 1. The summed E-state index contributed by atoms with van der Waals surface area (Å²) < 4.78 is 0. The molecule has 1 aliphatic rings. The van der Waals surface area contributed by atoms with Crippen LogP contribution in [0.5, 0.6) is 0 Å². The molecule has 1 saturated heterocycles. The lowest BCUT2D eigenvalue weighted by molar-refractivity contribution is -0.141. The molecule has 1 fully saturated rings. The van der Waals surface area contributed by atoms with E-state index < -0.39 is 5.97 Å². The van der Waals surface area contributed by atoms with E-state index in [0.717, 1.165) is 38.3 Å². The molecule has 0 saturated carbocycles. The Balaban J connectivity index is 1.81. The van der Waals surface area contributed by atoms with Crippen molar-refractivity contribution >= 4 is 29.2 Å². The molecule has 1 atom stereocenters. The minimum absolute atomic E-state index is 0.313. The monoisotopic (exact) mass is 330 g/mol. The molecule has 1 aromatic rings. The van der Waals surface area contributed by atoms with Gasteiger partial charge in [-0.3, -0.25) is 14.6 Å². The summed E-state index contributed by atoms with van der Waals surface area (Å²) in [6, 6.07) is 5.72. The Bertz CT molecular complexity index is 502. The van der Waals surface area contributed by atoms with Crippen molar-refractivity contribution in [3.05, 3.63) is 33.8 Å². The quantitative estimate of drug-likeness (QED) is 0.901. The van der Waals surface area contributed by atoms with Crippen LogP contribution in [0.15, 0.2) is 18.2 Å². The zero-order valence-corrected chi connectivity index (χ0v) is 13.6. The summed E-state index contributed by atoms with van der Waals surface area (Å²) in [5.74, 6) is -1.04. The zero-order valence-electron chi connectivity index (χ0n) is 12.1. The highest BCUT2D eigenvalue weighted by Crippen LogP contribution is 2.23. The minimum Gasteiger partial charge on any atom is -0.481 e. The number of carbonyl (C=O) groups is 1. The molecule has 2 rings (SSSR count). The summed E-state index contributed by atoms with van der Waals surface area (Å²) in [5, 5.41) is 10.1. The third kappa shape index (κ3) is 4.85. The number of carboxylic acid groups (broad SMARTS) is 1. The maximum absolute atomic E-state index is 10.9. The van der Waals surface area contributed by atoms with Crippen LogP contribution in [-0.4, -0.2) is 53.6 Å². The number of halogens is 2. The Morgan fingerprint density at radius 1 is 1.19 bits per heavy atom. The summed E-state index contributed by atoms with van der Waals surface area (Å²) in [7, 11) is 0. The first-order valence-electron chi connectivity index (χ1n) is 7.07. The van der Waals surface area contributed by atoms with Gasteiger partial charge in [0.15, 0.2) is 0 Å². The second-order valence-corrected chi connectivity index (χ2v) is 6.38. The maximum atomic E-state index is 10.9. The standard InChI is InChI=1S/C15H20Cl2N2O2/c1-11(15(20)21)9-18-4-6-19(7-5-18)10-12-2-3-13(16)14(17)8-12/h2-3,8,11H,4-7,9-10H2,1H3,(H,20,21). The number of piperazine rings is 1. The molecular weight excluding hydrogens is 311 g/mol. The predicted octanol–water partition coefficient (Wildman–Crippen LogP) is 2.83. The van der Waals surface area contributed by atoms with Gasteiger partial charge in [0.05, 0.1) is 16.0 Å². The van der Waals surface area contributed by atoms with Gasteiger partial charge in [-0.15, -0.1) is 0 Å². The number of hydrogen-bond acceptors (Lipinski definition) is 3. The van der Waals surface area contributed by atoms with E-state index in [1.807, 2.05) is 18.2 Å². The lowest BCUT2D eigenvalue weighted by Crippen LogP contribution is -2.47. The van der Waals surface area contributed by atoms with Crippen LogP contribution in [0.2, 0.25) is 10.0 Å². The second-order valence-electron chi connectivity index (χ2n) is 5.56. The first-order chi connectivity index (χ1) is 9.95. The molecule has 0 aromatic heterocycles. The van der Waals surface area contributed by atoms with Crippen molar-refractivity contribution in [3.63, 3.8) is 0 Å². The third-order valence-electron chi connectivity index (χ3n) is 3.81. The SMILES string of the molecule is CC(CN1CCN(Cc2ccc(Cl)c(Cl)c2)CC1)C(=O)O. The van der Waals surface area contributed by atoms with E-state index in [1.165, 1.54) is 0 Å². The van der Waals surface area contributed by atoms with Crippen LogP contribution in [0.3, 0.4) is 0 Å². The van der Waals surface area contributed by atoms with Gasteiger partial charge < -0.3 is 5.11 Å². The molecule has 0 spiro atoms. The average molecular weight is 331 g/mol. The van der Waals surface area contributed by atoms with E-state index in [2.05, 4.69) is 9.80 Å². The Kier molecular flexibility index (Phi) is 5.88. The van der Waals surface area contributed by atoms with Gasteiger partial charge in [0.2, 0.25) is 0 Å². The zero-order chi connectivity index (χ0) is 15.4. The molecule has 1 aliphatic heterocycles. The molecule has 1 N–H and O–H groups in total. The molecule has 0 bridgehead atoms. The molecule has 6 heteroatoms. The van der Waals surface area contributed by atoms with Gasteiger partial charge in [0.25, 0.3) is 0 Å². The summed E-state index contributed by atoms with van der Waals surface area (Å²) in [4.78, 5) is 15.4. The number of carboxylic acids is 1. The molecule has 1 heterocycles. The maximum Gasteiger partial charge on any atom is 0.307 e. The van der Waals surface area contributed by atoms with Crippen molar-refractivity contribution in [1.29, 1.82) is 0 Å². The van der Waals surface area contributed by atoms with Gasteiger partial charge in [-0.05, 0) is 17.7 Å². The molecule has 1 aromatic carbocycles. The summed E-state index contributed by atoms with van der Waals surface area (Å²) in [5.41, 5.74) is 1.15. The van der Waals surface area contributed by atoms with Crippen LogP contribution in [0.1, 0.15) is 12.5 Å². The minimum atomic E-state index is -0.728. The van der Waals surface area contributed by atoms with Gasteiger partial charge in [0.1, 0.15) is 0 Å². The van der Waals surface area contributed by atoms with E-state index in [4.69, 9.17) is 28.3 Å². The van der Waals surface area contributed by atoms with Gasteiger partial charge in [-0.25, -0.2) is 0 Å². The number of aliphatic carboxylic acids is 1. The van der Waals surface area contributed by atoms with Crippen LogP contribution in [-0.2, 0) is 11.3 Å². The Morgan fingerprint density at radius 2 is 1.81 bits per heavy atom. The third-order valence-corrected chi connectivity index (χ3v) is 4.55.